The Morgan fingerprint density at radius 1 is 1.11 bits per heavy atom. The maximum absolute atomic E-state index is 14.5. The van der Waals surface area contributed by atoms with E-state index in [0.29, 0.717) is 17.1 Å². The molecule has 0 atom stereocenters. The number of carbonyl (C=O) groups is 1. The van der Waals surface area contributed by atoms with E-state index in [1.165, 1.54) is 23.4 Å². The Morgan fingerprint density at radius 3 is 2.52 bits per heavy atom. The van der Waals surface area contributed by atoms with E-state index in [4.69, 9.17) is 0 Å². The molecule has 1 aliphatic heterocycles. The molecule has 1 amide bonds. The second-order valence-corrected chi connectivity index (χ2v) is 8.08. The van der Waals surface area contributed by atoms with E-state index >= 15 is 0 Å². The molecule has 4 nitrogen and oxygen atoms in total. The fourth-order valence-corrected chi connectivity index (χ4v) is 4.00. The molecular weight excluding hydrogens is 361 g/mol. The van der Waals surface area contributed by atoms with Crippen molar-refractivity contribution in [2.45, 2.75) is 18.7 Å². The Hall–Kier alpha value is -2.05. The van der Waals surface area contributed by atoms with Crippen molar-refractivity contribution in [3.8, 4) is 0 Å². The highest BCUT2D eigenvalue weighted by Gasteiger charge is 2.17. The predicted octanol–water partition coefficient (Wildman–Crippen LogP) is 3.93. The molecule has 0 radical (unpaired) electrons. The first-order valence-corrected chi connectivity index (χ1v) is 10.1. The van der Waals surface area contributed by atoms with Crippen LogP contribution in [-0.2, 0) is 4.79 Å². The van der Waals surface area contributed by atoms with Crippen LogP contribution in [0.4, 0.5) is 15.8 Å². The number of halogens is 1. The minimum absolute atomic E-state index is 0.133. The minimum Gasteiger partial charge on any atom is -0.367 e. The van der Waals surface area contributed by atoms with Crippen molar-refractivity contribution in [3.05, 3.63) is 53.3 Å². The molecule has 0 aromatic heterocycles. The fraction of sp³-hybridized carbons (Fsp3) is 0.381. The number of aryl methyl sites for hydroxylation is 2. The highest BCUT2D eigenvalue weighted by Crippen LogP contribution is 2.25. The highest BCUT2D eigenvalue weighted by molar-refractivity contribution is 8.00. The first-order chi connectivity index (χ1) is 12.9. The summed E-state index contributed by atoms with van der Waals surface area (Å²) in [6.45, 7) is 7.56. The molecule has 1 fully saturated rings. The molecule has 1 saturated heterocycles. The topological polar surface area (TPSA) is 35.6 Å². The molecule has 0 aliphatic carbocycles. The van der Waals surface area contributed by atoms with Gasteiger partial charge in [-0.15, -0.1) is 11.8 Å². The van der Waals surface area contributed by atoms with Crippen molar-refractivity contribution in [2.24, 2.45) is 0 Å². The molecule has 0 unspecified atom stereocenters. The maximum Gasteiger partial charge on any atom is 0.234 e. The summed E-state index contributed by atoms with van der Waals surface area (Å²) in [6.07, 6.45) is 0. The first-order valence-electron chi connectivity index (χ1n) is 9.15. The number of rotatable bonds is 5. The number of thioether (sulfide) groups is 1. The second-order valence-electron chi connectivity index (χ2n) is 7.06. The van der Waals surface area contributed by atoms with Crippen molar-refractivity contribution in [3.63, 3.8) is 0 Å². The highest BCUT2D eigenvalue weighted by atomic mass is 32.2. The number of hydrogen-bond donors (Lipinski definition) is 1. The lowest BCUT2D eigenvalue weighted by atomic mass is 10.2. The lowest BCUT2D eigenvalue weighted by Crippen LogP contribution is -2.44. The van der Waals surface area contributed by atoms with Crippen LogP contribution in [0.15, 0.2) is 41.3 Å². The summed E-state index contributed by atoms with van der Waals surface area (Å²) in [5.74, 6) is -0.128. The van der Waals surface area contributed by atoms with E-state index in [1.54, 1.807) is 12.1 Å². The number of piperazine rings is 1. The summed E-state index contributed by atoms with van der Waals surface area (Å²) in [6, 6.07) is 11.1. The summed E-state index contributed by atoms with van der Waals surface area (Å²) >= 11 is 1.49. The zero-order chi connectivity index (χ0) is 19.4. The van der Waals surface area contributed by atoms with Gasteiger partial charge in [0.05, 0.1) is 11.4 Å². The van der Waals surface area contributed by atoms with E-state index in [9.17, 15) is 9.18 Å². The third-order valence-corrected chi connectivity index (χ3v) is 5.94. The fourth-order valence-electron chi connectivity index (χ4n) is 3.19. The number of amides is 1. The average molecular weight is 388 g/mol. The normalized spacial score (nSPS) is 15.0. The summed E-state index contributed by atoms with van der Waals surface area (Å²) in [7, 11) is 2.07. The summed E-state index contributed by atoms with van der Waals surface area (Å²) in [5.41, 5.74) is 3.47. The first kappa shape index (κ1) is 19.7. The Balaban J connectivity index is 1.57. The van der Waals surface area contributed by atoms with Crippen LogP contribution in [0.25, 0.3) is 0 Å². The van der Waals surface area contributed by atoms with Crippen LogP contribution in [0.3, 0.4) is 0 Å². The van der Waals surface area contributed by atoms with Gasteiger partial charge < -0.3 is 15.1 Å². The van der Waals surface area contributed by atoms with Gasteiger partial charge in [-0.2, -0.15) is 0 Å². The van der Waals surface area contributed by atoms with Gasteiger partial charge >= 0.3 is 0 Å². The lowest BCUT2D eigenvalue weighted by Gasteiger charge is -2.34. The molecule has 144 valence electrons. The zero-order valence-corrected chi connectivity index (χ0v) is 16.9. The van der Waals surface area contributed by atoms with Gasteiger partial charge in [0.15, 0.2) is 0 Å². The van der Waals surface area contributed by atoms with E-state index < -0.39 is 0 Å². The van der Waals surface area contributed by atoms with Crippen molar-refractivity contribution in [1.82, 2.24) is 4.90 Å². The predicted molar refractivity (Wildman–Crippen MR) is 111 cm³/mol. The zero-order valence-electron chi connectivity index (χ0n) is 16.1. The lowest BCUT2D eigenvalue weighted by molar-refractivity contribution is -0.113. The van der Waals surface area contributed by atoms with Crippen molar-refractivity contribution in [1.29, 1.82) is 0 Å². The Kier molecular flexibility index (Phi) is 6.39. The van der Waals surface area contributed by atoms with Crippen LogP contribution in [0, 0.1) is 19.7 Å². The Morgan fingerprint density at radius 2 is 1.85 bits per heavy atom. The van der Waals surface area contributed by atoms with Crippen molar-refractivity contribution >= 4 is 29.0 Å². The number of benzene rings is 2. The molecule has 0 saturated carbocycles. The van der Waals surface area contributed by atoms with Gasteiger partial charge in [0, 0.05) is 36.8 Å². The third kappa shape index (κ3) is 5.23. The molecule has 27 heavy (non-hydrogen) atoms. The molecule has 1 aliphatic rings. The van der Waals surface area contributed by atoms with Crippen LogP contribution in [0.5, 0.6) is 0 Å². The molecule has 0 spiro atoms. The van der Waals surface area contributed by atoms with Crippen molar-refractivity contribution in [2.75, 3.05) is 49.2 Å². The van der Waals surface area contributed by atoms with Gasteiger partial charge in [0.2, 0.25) is 5.91 Å². The molecule has 6 heteroatoms. The smallest absolute Gasteiger partial charge is 0.234 e. The summed E-state index contributed by atoms with van der Waals surface area (Å²) < 4.78 is 14.5. The SMILES string of the molecule is Cc1ccc(SCC(=O)Nc2ccc(N3CCN(C)CC3)c(F)c2)c(C)c1. The number of nitrogens with one attached hydrogen (secondary N) is 1. The minimum atomic E-state index is -0.292. The van der Waals surface area contributed by atoms with Gasteiger partial charge in [-0.3, -0.25) is 4.79 Å². The van der Waals surface area contributed by atoms with Gasteiger partial charge in [-0.05, 0) is 50.7 Å². The quantitative estimate of drug-likeness (QED) is 0.789. The standard InChI is InChI=1S/C21H26FN3OS/c1-15-4-7-20(16(2)12-15)27-14-21(26)23-17-5-6-19(18(22)13-17)25-10-8-24(3)9-11-25/h4-7,12-13H,8-11,14H2,1-3H3,(H,23,26). The molecule has 1 heterocycles. The average Bonchev–Trinajstić information content (AvgIpc) is 2.62. The maximum atomic E-state index is 14.5. The second kappa shape index (κ2) is 8.76. The molecule has 1 N–H and O–H groups in total. The van der Waals surface area contributed by atoms with Gasteiger partial charge in [-0.25, -0.2) is 4.39 Å². The number of hydrogen-bond acceptors (Lipinski definition) is 4. The van der Waals surface area contributed by atoms with Crippen LogP contribution in [0.1, 0.15) is 11.1 Å². The van der Waals surface area contributed by atoms with Gasteiger partial charge in [-0.1, -0.05) is 17.7 Å². The summed E-state index contributed by atoms with van der Waals surface area (Å²) in [5, 5.41) is 2.79. The number of carbonyl (C=O) groups excluding carboxylic acids is 1. The monoisotopic (exact) mass is 387 g/mol. The summed E-state index contributed by atoms with van der Waals surface area (Å²) in [4.78, 5) is 17.6. The number of anilines is 2. The van der Waals surface area contributed by atoms with Crippen LogP contribution >= 0.6 is 11.8 Å². The molecule has 0 bridgehead atoms. The van der Waals surface area contributed by atoms with Gasteiger partial charge in [0.25, 0.3) is 0 Å². The number of likely N-dealkylation sites (N-methyl/N-ethyl adjacent to an activating group) is 1. The molecule has 2 aromatic carbocycles. The van der Waals surface area contributed by atoms with E-state index in [2.05, 4.69) is 35.2 Å². The largest absolute Gasteiger partial charge is 0.367 e. The third-order valence-electron chi connectivity index (χ3n) is 4.76. The van der Waals surface area contributed by atoms with E-state index in [-0.39, 0.29) is 11.7 Å². The van der Waals surface area contributed by atoms with Crippen LogP contribution in [-0.4, -0.2) is 49.8 Å². The van der Waals surface area contributed by atoms with Crippen LogP contribution in [0.2, 0.25) is 0 Å². The Labute approximate surface area is 164 Å². The van der Waals surface area contributed by atoms with Crippen LogP contribution < -0.4 is 10.2 Å². The molecule has 3 rings (SSSR count). The van der Waals surface area contributed by atoms with E-state index in [1.807, 2.05) is 19.1 Å². The molecule has 2 aromatic rings. The number of nitrogens with zero attached hydrogens (tertiary/aromatic N) is 2. The van der Waals surface area contributed by atoms with Crippen molar-refractivity contribution < 1.29 is 9.18 Å². The Bertz CT molecular complexity index is 819. The van der Waals surface area contributed by atoms with E-state index in [0.717, 1.165) is 36.6 Å². The van der Waals surface area contributed by atoms with Gasteiger partial charge in [0.1, 0.15) is 5.82 Å². The molecular formula is C21H26FN3OS.